The maximum absolute atomic E-state index is 13.6. The van der Waals surface area contributed by atoms with Gasteiger partial charge in [-0.25, -0.2) is 4.79 Å². The summed E-state index contributed by atoms with van der Waals surface area (Å²) in [5, 5.41) is 6.80. The van der Waals surface area contributed by atoms with E-state index in [-0.39, 0.29) is 29.0 Å². The van der Waals surface area contributed by atoms with Gasteiger partial charge in [0, 0.05) is 35.9 Å². The molecule has 39 heavy (non-hydrogen) atoms. The van der Waals surface area contributed by atoms with E-state index in [1.165, 1.54) is 6.42 Å². The van der Waals surface area contributed by atoms with Crippen LogP contribution < -0.4 is 10.6 Å². The summed E-state index contributed by atoms with van der Waals surface area (Å²) in [7, 11) is 0. The van der Waals surface area contributed by atoms with Crippen LogP contribution in [0.3, 0.4) is 0 Å². The first-order valence-corrected chi connectivity index (χ1v) is 14.2. The van der Waals surface area contributed by atoms with Crippen LogP contribution in [0, 0.1) is 11.8 Å². The fourth-order valence-corrected chi connectivity index (χ4v) is 7.85. The zero-order valence-corrected chi connectivity index (χ0v) is 23.1. The van der Waals surface area contributed by atoms with E-state index in [1.807, 2.05) is 51.1 Å². The number of carbonyl (C=O) groups excluding carboxylic acids is 3. The lowest BCUT2D eigenvalue weighted by Gasteiger charge is -2.62. The van der Waals surface area contributed by atoms with Gasteiger partial charge in [0.2, 0.25) is 0 Å². The van der Waals surface area contributed by atoms with Gasteiger partial charge in [-0.2, -0.15) is 0 Å². The lowest BCUT2D eigenvalue weighted by molar-refractivity contribution is -0.0448. The third kappa shape index (κ3) is 5.25. The van der Waals surface area contributed by atoms with Gasteiger partial charge in [0.1, 0.15) is 11.3 Å². The Labute approximate surface area is 229 Å². The standard InChI is InChI=1S/C31H38N4O4/c1-29(2,3)39-28(38)35-11-9-22-13-23(7-8-24(22)18-35)26(36)33-30-14-20-12-21(15-30)17-31(16-20,19-30)34-27(37)25-6-4-5-10-32-25/h4-8,10,13,20-21H,9,11-12,14-19H2,1-3H3,(H,33,36)(H,34,37). The second kappa shape index (κ2) is 9.35. The minimum Gasteiger partial charge on any atom is -0.444 e. The number of carbonyl (C=O) groups is 3. The molecule has 1 aromatic carbocycles. The van der Waals surface area contributed by atoms with Crippen molar-refractivity contribution in [3.63, 3.8) is 0 Å². The molecule has 5 aliphatic rings. The van der Waals surface area contributed by atoms with E-state index in [9.17, 15) is 14.4 Å². The van der Waals surface area contributed by atoms with Gasteiger partial charge in [0.15, 0.2) is 0 Å². The number of benzene rings is 1. The number of nitrogens with one attached hydrogen (secondary N) is 2. The van der Waals surface area contributed by atoms with E-state index in [2.05, 4.69) is 15.6 Å². The summed E-state index contributed by atoms with van der Waals surface area (Å²) >= 11 is 0. The summed E-state index contributed by atoms with van der Waals surface area (Å²) in [6, 6.07) is 11.2. The third-order valence-corrected chi connectivity index (χ3v) is 8.85. The number of hydrogen-bond acceptors (Lipinski definition) is 5. The third-order valence-electron chi connectivity index (χ3n) is 8.85. The van der Waals surface area contributed by atoms with Gasteiger partial charge < -0.3 is 20.3 Å². The molecule has 2 unspecified atom stereocenters. The van der Waals surface area contributed by atoms with E-state index in [1.54, 1.807) is 17.2 Å². The van der Waals surface area contributed by atoms with Crippen LogP contribution in [0.2, 0.25) is 0 Å². The fraction of sp³-hybridized carbons (Fsp3) is 0.548. The van der Waals surface area contributed by atoms with Crippen LogP contribution in [0.1, 0.15) is 91.3 Å². The van der Waals surface area contributed by atoms with Gasteiger partial charge in [0.25, 0.3) is 11.8 Å². The van der Waals surface area contributed by atoms with Crippen LogP contribution in [0.15, 0.2) is 42.6 Å². The summed E-state index contributed by atoms with van der Waals surface area (Å²) in [6.07, 6.45) is 7.81. The van der Waals surface area contributed by atoms with Crippen molar-refractivity contribution in [2.24, 2.45) is 11.8 Å². The number of nitrogens with zero attached hydrogens (tertiary/aromatic N) is 2. The van der Waals surface area contributed by atoms with Crippen molar-refractivity contribution >= 4 is 17.9 Å². The lowest BCUT2D eigenvalue weighted by Crippen LogP contribution is -2.69. The first-order chi connectivity index (χ1) is 18.5. The van der Waals surface area contributed by atoms with E-state index < -0.39 is 5.60 Å². The molecule has 2 heterocycles. The van der Waals surface area contributed by atoms with Gasteiger partial charge in [-0.15, -0.1) is 0 Å². The highest BCUT2D eigenvalue weighted by molar-refractivity contribution is 5.95. The predicted octanol–water partition coefficient (Wildman–Crippen LogP) is 4.63. The minimum absolute atomic E-state index is 0.0551. The molecule has 1 aliphatic heterocycles. The number of amides is 3. The molecule has 2 atom stereocenters. The Morgan fingerprint density at radius 1 is 0.949 bits per heavy atom. The van der Waals surface area contributed by atoms with Crippen LogP contribution in [-0.4, -0.2) is 51.0 Å². The number of aromatic nitrogens is 1. The summed E-state index contributed by atoms with van der Waals surface area (Å²) < 4.78 is 5.54. The molecule has 1 aromatic heterocycles. The van der Waals surface area contributed by atoms with Gasteiger partial charge >= 0.3 is 6.09 Å². The van der Waals surface area contributed by atoms with Crippen LogP contribution >= 0.6 is 0 Å². The molecule has 4 fully saturated rings. The summed E-state index contributed by atoms with van der Waals surface area (Å²) in [4.78, 5) is 45.1. The SMILES string of the molecule is CC(C)(C)OC(=O)N1CCc2cc(C(=O)NC34CC5CC(C3)CC(NC(=O)c3ccccn3)(C5)C4)ccc2C1. The predicted molar refractivity (Wildman–Crippen MR) is 146 cm³/mol. The molecule has 2 aromatic rings. The summed E-state index contributed by atoms with van der Waals surface area (Å²) in [5.74, 6) is 0.811. The molecule has 4 bridgehead atoms. The normalized spacial score (nSPS) is 28.9. The van der Waals surface area contributed by atoms with E-state index in [0.717, 1.165) is 43.2 Å². The Kier molecular flexibility index (Phi) is 6.19. The van der Waals surface area contributed by atoms with E-state index in [0.29, 0.717) is 42.6 Å². The Bertz CT molecular complexity index is 1290. The molecule has 206 valence electrons. The number of pyridine rings is 1. The number of fused-ring (bicyclic) bond motifs is 1. The minimum atomic E-state index is -0.531. The summed E-state index contributed by atoms with van der Waals surface area (Å²) in [5.41, 5.74) is 2.11. The average Bonchev–Trinajstić information content (AvgIpc) is 2.86. The molecular weight excluding hydrogens is 492 g/mol. The topological polar surface area (TPSA) is 101 Å². The highest BCUT2D eigenvalue weighted by Crippen LogP contribution is 2.57. The number of rotatable bonds is 4. The molecule has 8 heteroatoms. The van der Waals surface area contributed by atoms with Gasteiger partial charge in [-0.05, 0) is 113 Å². The first kappa shape index (κ1) is 25.8. The van der Waals surface area contributed by atoms with Crippen LogP contribution in [0.25, 0.3) is 0 Å². The van der Waals surface area contributed by atoms with Gasteiger partial charge in [-0.3, -0.25) is 14.6 Å². The highest BCUT2D eigenvalue weighted by Gasteiger charge is 2.58. The molecule has 8 nitrogen and oxygen atoms in total. The zero-order chi connectivity index (χ0) is 27.4. The maximum Gasteiger partial charge on any atom is 0.410 e. The molecule has 4 saturated carbocycles. The molecule has 2 N–H and O–H groups in total. The van der Waals surface area contributed by atoms with Crippen molar-refractivity contribution in [3.8, 4) is 0 Å². The molecule has 0 radical (unpaired) electrons. The molecule has 3 amide bonds. The Balaban J connectivity index is 1.15. The number of ether oxygens (including phenoxy) is 1. The van der Waals surface area contributed by atoms with E-state index >= 15 is 0 Å². The second-order valence-corrected chi connectivity index (χ2v) is 13.3. The zero-order valence-electron chi connectivity index (χ0n) is 23.1. The van der Waals surface area contributed by atoms with Crippen molar-refractivity contribution in [2.75, 3.05) is 6.54 Å². The second-order valence-electron chi connectivity index (χ2n) is 13.3. The highest BCUT2D eigenvalue weighted by atomic mass is 16.6. The fourth-order valence-electron chi connectivity index (χ4n) is 7.85. The number of hydrogen-bond donors (Lipinski definition) is 2. The van der Waals surface area contributed by atoms with Gasteiger partial charge in [0.05, 0.1) is 0 Å². The first-order valence-electron chi connectivity index (χ1n) is 14.2. The molecule has 0 spiro atoms. The van der Waals surface area contributed by atoms with Crippen LogP contribution in [0.4, 0.5) is 4.79 Å². The van der Waals surface area contributed by atoms with Crippen LogP contribution in [0.5, 0.6) is 0 Å². The van der Waals surface area contributed by atoms with Crippen molar-refractivity contribution in [3.05, 3.63) is 65.0 Å². The Hall–Kier alpha value is -3.42. The van der Waals surface area contributed by atoms with Crippen molar-refractivity contribution in [2.45, 2.75) is 88.9 Å². The van der Waals surface area contributed by atoms with Crippen molar-refractivity contribution in [1.29, 1.82) is 0 Å². The Morgan fingerprint density at radius 2 is 1.64 bits per heavy atom. The largest absolute Gasteiger partial charge is 0.444 e. The molecule has 4 aliphatic carbocycles. The molecule has 7 rings (SSSR count). The van der Waals surface area contributed by atoms with Gasteiger partial charge in [-0.1, -0.05) is 12.1 Å². The quantitative estimate of drug-likeness (QED) is 0.601. The average molecular weight is 531 g/mol. The smallest absolute Gasteiger partial charge is 0.410 e. The van der Waals surface area contributed by atoms with Crippen LogP contribution in [-0.2, 0) is 17.7 Å². The molecule has 0 saturated heterocycles. The maximum atomic E-state index is 13.6. The van der Waals surface area contributed by atoms with Crippen molar-refractivity contribution in [1.82, 2.24) is 20.5 Å². The monoisotopic (exact) mass is 530 g/mol. The lowest BCUT2D eigenvalue weighted by atomic mass is 9.49. The summed E-state index contributed by atoms with van der Waals surface area (Å²) in [6.45, 7) is 6.66. The Morgan fingerprint density at radius 3 is 2.28 bits per heavy atom. The molecular formula is C31H38N4O4. The van der Waals surface area contributed by atoms with E-state index in [4.69, 9.17) is 4.74 Å². The van der Waals surface area contributed by atoms with Crippen molar-refractivity contribution < 1.29 is 19.1 Å².